The Morgan fingerprint density at radius 2 is 2.31 bits per heavy atom. The average molecular weight is 184 g/mol. The fourth-order valence-electron chi connectivity index (χ4n) is 1.51. The van der Waals surface area contributed by atoms with E-state index in [1.807, 2.05) is 0 Å². The number of rotatable bonds is 6. The molecule has 1 aliphatic rings. The Bertz CT molecular complexity index is 166. The van der Waals surface area contributed by atoms with Crippen molar-refractivity contribution in [3.05, 3.63) is 0 Å². The standard InChI is InChI=1S/C10H20N2O/c1-2-9(7-8-3-4-8)12-10(13)5-6-11/h8-9H,2-7,11H2,1H3,(H,12,13). The maximum Gasteiger partial charge on any atom is 0.221 e. The van der Waals surface area contributed by atoms with Crippen LogP contribution in [-0.4, -0.2) is 18.5 Å². The molecule has 1 rings (SSSR count). The fraction of sp³-hybridized carbons (Fsp3) is 0.900. The number of hydrogen-bond acceptors (Lipinski definition) is 2. The number of nitrogens with one attached hydrogen (secondary N) is 1. The van der Waals surface area contributed by atoms with E-state index in [2.05, 4.69) is 12.2 Å². The number of carbonyl (C=O) groups excluding carboxylic acids is 1. The summed E-state index contributed by atoms with van der Waals surface area (Å²) >= 11 is 0. The first kappa shape index (κ1) is 10.5. The van der Waals surface area contributed by atoms with Crippen molar-refractivity contribution >= 4 is 5.91 Å². The smallest absolute Gasteiger partial charge is 0.221 e. The second-order valence-corrected chi connectivity index (χ2v) is 3.89. The molecular formula is C10H20N2O. The Labute approximate surface area is 80.1 Å². The summed E-state index contributed by atoms with van der Waals surface area (Å²) in [6.07, 6.45) is 5.35. The third-order valence-electron chi connectivity index (χ3n) is 2.54. The quantitative estimate of drug-likeness (QED) is 0.648. The minimum absolute atomic E-state index is 0.106. The van der Waals surface area contributed by atoms with Crippen LogP contribution in [-0.2, 0) is 4.79 Å². The highest BCUT2D eigenvalue weighted by atomic mass is 16.1. The highest BCUT2D eigenvalue weighted by Gasteiger charge is 2.25. The summed E-state index contributed by atoms with van der Waals surface area (Å²) in [6, 6.07) is 0.381. The molecule has 0 aromatic carbocycles. The minimum Gasteiger partial charge on any atom is -0.353 e. The van der Waals surface area contributed by atoms with Gasteiger partial charge in [-0.25, -0.2) is 0 Å². The van der Waals surface area contributed by atoms with Gasteiger partial charge in [0, 0.05) is 19.0 Å². The first-order valence-electron chi connectivity index (χ1n) is 5.25. The van der Waals surface area contributed by atoms with Gasteiger partial charge in [0.05, 0.1) is 0 Å². The monoisotopic (exact) mass is 184 g/mol. The highest BCUT2D eigenvalue weighted by molar-refractivity contribution is 5.76. The fourth-order valence-corrected chi connectivity index (χ4v) is 1.51. The first-order chi connectivity index (χ1) is 6.26. The molecule has 0 bridgehead atoms. The summed E-state index contributed by atoms with van der Waals surface area (Å²) < 4.78 is 0. The average Bonchev–Trinajstić information content (AvgIpc) is 2.87. The van der Waals surface area contributed by atoms with Gasteiger partial charge < -0.3 is 11.1 Å². The van der Waals surface area contributed by atoms with Gasteiger partial charge in [0.1, 0.15) is 0 Å². The van der Waals surface area contributed by atoms with Crippen LogP contribution >= 0.6 is 0 Å². The molecule has 76 valence electrons. The topological polar surface area (TPSA) is 55.1 Å². The molecule has 0 saturated heterocycles. The molecule has 0 spiro atoms. The summed E-state index contributed by atoms with van der Waals surface area (Å²) in [6.45, 7) is 2.57. The number of carbonyl (C=O) groups is 1. The van der Waals surface area contributed by atoms with Crippen molar-refractivity contribution in [2.75, 3.05) is 6.54 Å². The third-order valence-corrected chi connectivity index (χ3v) is 2.54. The van der Waals surface area contributed by atoms with Gasteiger partial charge in [0.2, 0.25) is 5.91 Å². The van der Waals surface area contributed by atoms with Gasteiger partial charge in [0.25, 0.3) is 0 Å². The Kier molecular flexibility index (Phi) is 4.22. The van der Waals surface area contributed by atoms with Gasteiger partial charge in [-0.2, -0.15) is 0 Å². The van der Waals surface area contributed by atoms with Crippen molar-refractivity contribution in [2.24, 2.45) is 11.7 Å². The lowest BCUT2D eigenvalue weighted by atomic mass is 10.1. The molecule has 0 radical (unpaired) electrons. The van der Waals surface area contributed by atoms with E-state index < -0.39 is 0 Å². The third kappa shape index (κ3) is 4.27. The van der Waals surface area contributed by atoms with Crippen molar-refractivity contribution in [3.8, 4) is 0 Å². The van der Waals surface area contributed by atoms with Crippen LogP contribution in [0.25, 0.3) is 0 Å². The van der Waals surface area contributed by atoms with E-state index in [0.717, 1.165) is 18.8 Å². The summed E-state index contributed by atoms with van der Waals surface area (Å²) in [5.41, 5.74) is 5.30. The zero-order valence-corrected chi connectivity index (χ0v) is 8.38. The van der Waals surface area contributed by atoms with Gasteiger partial charge in [0.15, 0.2) is 0 Å². The maximum atomic E-state index is 11.2. The molecule has 1 atom stereocenters. The van der Waals surface area contributed by atoms with Crippen LogP contribution in [0, 0.1) is 5.92 Å². The van der Waals surface area contributed by atoms with Crippen LogP contribution < -0.4 is 11.1 Å². The van der Waals surface area contributed by atoms with E-state index >= 15 is 0 Å². The van der Waals surface area contributed by atoms with Crippen molar-refractivity contribution in [2.45, 2.75) is 45.1 Å². The Balaban J connectivity index is 2.17. The van der Waals surface area contributed by atoms with Gasteiger partial charge >= 0.3 is 0 Å². The second kappa shape index (κ2) is 5.22. The molecule has 1 unspecified atom stereocenters. The van der Waals surface area contributed by atoms with Crippen LogP contribution in [0.4, 0.5) is 0 Å². The van der Waals surface area contributed by atoms with Crippen LogP contribution in [0.5, 0.6) is 0 Å². The van der Waals surface area contributed by atoms with Crippen LogP contribution in [0.15, 0.2) is 0 Å². The molecule has 3 heteroatoms. The van der Waals surface area contributed by atoms with Crippen molar-refractivity contribution in [1.82, 2.24) is 5.32 Å². The Hall–Kier alpha value is -0.570. The largest absolute Gasteiger partial charge is 0.353 e. The lowest BCUT2D eigenvalue weighted by molar-refractivity contribution is -0.121. The van der Waals surface area contributed by atoms with E-state index in [9.17, 15) is 4.79 Å². The van der Waals surface area contributed by atoms with Gasteiger partial charge in [-0.3, -0.25) is 4.79 Å². The number of nitrogens with two attached hydrogens (primary N) is 1. The predicted octanol–water partition coefficient (Wildman–Crippen LogP) is 1.03. The zero-order valence-electron chi connectivity index (χ0n) is 8.38. The van der Waals surface area contributed by atoms with Gasteiger partial charge in [-0.05, 0) is 18.8 Å². The van der Waals surface area contributed by atoms with E-state index in [4.69, 9.17) is 5.73 Å². The van der Waals surface area contributed by atoms with Crippen LogP contribution in [0.2, 0.25) is 0 Å². The molecule has 0 aliphatic heterocycles. The second-order valence-electron chi connectivity index (χ2n) is 3.89. The molecule has 0 aromatic rings. The number of amides is 1. The van der Waals surface area contributed by atoms with E-state index in [1.165, 1.54) is 12.8 Å². The molecule has 1 fully saturated rings. The van der Waals surface area contributed by atoms with E-state index in [1.54, 1.807) is 0 Å². The van der Waals surface area contributed by atoms with Crippen molar-refractivity contribution in [1.29, 1.82) is 0 Å². The first-order valence-corrected chi connectivity index (χ1v) is 5.25. The molecule has 1 amide bonds. The van der Waals surface area contributed by atoms with Crippen LogP contribution in [0.3, 0.4) is 0 Å². The molecular weight excluding hydrogens is 164 g/mol. The zero-order chi connectivity index (χ0) is 9.68. The van der Waals surface area contributed by atoms with E-state index in [-0.39, 0.29) is 5.91 Å². The van der Waals surface area contributed by atoms with Crippen molar-refractivity contribution in [3.63, 3.8) is 0 Å². The minimum atomic E-state index is 0.106. The summed E-state index contributed by atoms with van der Waals surface area (Å²) in [7, 11) is 0. The molecule has 1 saturated carbocycles. The summed E-state index contributed by atoms with van der Waals surface area (Å²) in [4.78, 5) is 11.2. The molecule has 0 heterocycles. The SMILES string of the molecule is CCC(CC1CC1)NC(=O)CCN. The Morgan fingerprint density at radius 1 is 1.62 bits per heavy atom. The highest BCUT2D eigenvalue weighted by Crippen LogP contribution is 2.33. The predicted molar refractivity (Wildman–Crippen MR) is 53.2 cm³/mol. The number of hydrogen-bond donors (Lipinski definition) is 2. The summed E-state index contributed by atoms with van der Waals surface area (Å²) in [5.74, 6) is 0.984. The normalized spacial score (nSPS) is 18.3. The van der Waals surface area contributed by atoms with Crippen molar-refractivity contribution < 1.29 is 4.79 Å². The molecule has 1 aliphatic carbocycles. The van der Waals surface area contributed by atoms with Crippen LogP contribution in [0.1, 0.15) is 39.0 Å². The maximum absolute atomic E-state index is 11.2. The molecule has 3 N–H and O–H groups in total. The lowest BCUT2D eigenvalue weighted by Gasteiger charge is -2.16. The van der Waals surface area contributed by atoms with Gasteiger partial charge in [-0.1, -0.05) is 19.8 Å². The molecule has 0 aromatic heterocycles. The molecule has 13 heavy (non-hydrogen) atoms. The van der Waals surface area contributed by atoms with Gasteiger partial charge in [-0.15, -0.1) is 0 Å². The lowest BCUT2D eigenvalue weighted by Crippen LogP contribution is -2.35. The summed E-state index contributed by atoms with van der Waals surface area (Å²) in [5, 5.41) is 3.02. The van der Waals surface area contributed by atoms with E-state index in [0.29, 0.717) is 19.0 Å². The Morgan fingerprint density at radius 3 is 2.77 bits per heavy atom. The molecule has 3 nitrogen and oxygen atoms in total.